The smallest absolute Gasteiger partial charge is 0.355 e. The van der Waals surface area contributed by atoms with Crippen LogP contribution in [0.4, 0.5) is 5.69 Å². The first-order valence-electron chi connectivity index (χ1n) is 12.1. The van der Waals surface area contributed by atoms with Gasteiger partial charge in [0.25, 0.3) is 5.91 Å². The number of methoxy groups -OCH3 is 1. The maximum Gasteiger partial charge on any atom is 0.355 e. The van der Waals surface area contributed by atoms with E-state index < -0.39 is 11.6 Å². The number of carbonyl (C=O) groups excluding carboxylic acids is 2. The summed E-state index contributed by atoms with van der Waals surface area (Å²) in [7, 11) is 1.62. The lowest BCUT2D eigenvalue weighted by Crippen LogP contribution is -2.26. The van der Waals surface area contributed by atoms with Crippen molar-refractivity contribution in [3.8, 4) is 5.75 Å². The van der Waals surface area contributed by atoms with Gasteiger partial charge in [0, 0.05) is 28.7 Å². The van der Waals surface area contributed by atoms with Gasteiger partial charge in [-0.3, -0.25) is 9.20 Å². The largest absolute Gasteiger partial charge is 0.497 e. The molecule has 0 atom stereocenters. The van der Waals surface area contributed by atoms with Crippen LogP contribution in [0.15, 0.2) is 36.7 Å². The fourth-order valence-electron chi connectivity index (χ4n) is 4.06. The van der Waals surface area contributed by atoms with Crippen molar-refractivity contribution in [3.63, 3.8) is 0 Å². The van der Waals surface area contributed by atoms with Crippen LogP contribution in [0.1, 0.15) is 70.4 Å². The Kier molecular flexibility index (Phi) is 7.58. The molecule has 4 rings (SSSR count). The van der Waals surface area contributed by atoms with Crippen LogP contribution in [0.2, 0.25) is 0 Å². The Hall–Kier alpha value is -3.79. The number of imidazole rings is 1. The molecule has 37 heavy (non-hydrogen) atoms. The molecule has 0 saturated carbocycles. The van der Waals surface area contributed by atoms with E-state index in [0.29, 0.717) is 35.5 Å². The van der Waals surface area contributed by atoms with E-state index >= 15 is 0 Å². The summed E-state index contributed by atoms with van der Waals surface area (Å²) in [5, 5.41) is 6.30. The van der Waals surface area contributed by atoms with Crippen LogP contribution in [-0.4, -0.2) is 39.0 Å². The van der Waals surface area contributed by atoms with Crippen molar-refractivity contribution in [1.82, 2.24) is 19.7 Å². The van der Waals surface area contributed by atoms with E-state index in [0.717, 1.165) is 22.1 Å². The summed E-state index contributed by atoms with van der Waals surface area (Å²) in [6.07, 6.45) is 4.40. The Balaban J connectivity index is 1.60. The third-order valence-electron chi connectivity index (χ3n) is 5.68. The molecule has 9 nitrogen and oxygen atoms in total. The lowest BCUT2D eigenvalue weighted by Gasteiger charge is -2.19. The van der Waals surface area contributed by atoms with Gasteiger partial charge < -0.3 is 25.1 Å². The third-order valence-corrected chi connectivity index (χ3v) is 6.59. The molecular formula is C27H33N5O4S. The van der Waals surface area contributed by atoms with E-state index in [-0.39, 0.29) is 12.5 Å². The predicted octanol–water partition coefficient (Wildman–Crippen LogP) is 5.10. The van der Waals surface area contributed by atoms with Gasteiger partial charge in [0.05, 0.1) is 31.5 Å². The summed E-state index contributed by atoms with van der Waals surface area (Å²) < 4.78 is 12.8. The topological polar surface area (TPSA) is 110 Å². The predicted molar refractivity (Wildman–Crippen MR) is 145 cm³/mol. The standard InChI is InChI=1S/C27H33N5O4S/c1-7-20-22(24(33)29-12-18-15-32-14-16(2)37-26(32)30-18)21(31-23(20)25(34)36-27(3,4)5)13-28-17-8-10-19(35-6)11-9-17/h8-11,14-15,28,31H,7,12-13H2,1-6H3,(H,29,33). The zero-order valence-corrected chi connectivity index (χ0v) is 22.8. The number of nitrogens with zero attached hydrogens (tertiary/aromatic N) is 2. The highest BCUT2D eigenvalue weighted by Gasteiger charge is 2.28. The third kappa shape index (κ3) is 6.14. The second-order valence-electron chi connectivity index (χ2n) is 9.72. The number of thiazole rings is 1. The highest BCUT2D eigenvalue weighted by Crippen LogP contribution is 2.25. The number of carbonyl (C=O) groups is 2. The molecule has 0 fully saturated rings. The van der Waals surface area contributed by atoms with Gasteiger partial charge in [-0.2, -0.15) is 0 Å². The van der Waals surface area contributed by atoms with Crippen molar-refractivity contribution in [2.75, 3.05) is 12.4 Å². The Bertz CT molecular complexity index is 1380. The fraction of sp³-hybridized carbons (Fsp3) is 0.370. The maximum absolute atomic E-state index is 13.5. The summed E-state index contributed by atoms with van der Waals surface area (Å²) in [5.74, 6) is -0.0129. The number of H-pyrrole nitrogens is 1. The van der Waals surface area contributed by atoms with Crippen molar-refractivity contribution in [1.29, 1.82) is 0 Å². The number of benzene rings is 1. The van der Waals surface area contributed by atoms with Crippen molar-refractivity contribution < 1.29 is 19.1 Å². The van der Waals surface area contributed by atoms with Gasteiger partial charge in [-0.1, -0.05) is 6.92 Å². The second kappa shape index (κ2) is 10.7. The van der Waals surface area contributed by atoms with Gasteiger partial charge in [-0.15, -0.1) is 11.3 Å². The Morgan fingerprint density at radius 3 is 2.49 bits per heavy atom. The first kappa shape index (κ1) is 26.3. The summed E-state index contributed by atoms with van der Waals surface area (Å²) in [5.41, 5.74) is 2.93. The monoisotopic (exact) mass is 523 g/mol. The van der Waals surface area contributed by atoms with Crippen molar-refractivity contribution in [2.45, 2.75) is 59.7 Å². The molecule has 0 unspecified atom stereocenters. The number of anilines is 1. The minimum atomic E-state index is -0.663. The average Bonchev–Trinajstić information content (AvgIpc) is 3.50. The molecule has 10 heteroatoms. The first-order valence-corrected chi connectivity index (χ1v) is 13.0. The van der Waals surface area contributed by atoms with Gasteiger partial charge in [0.2, 0.25) is 0 Å². The molecule has 196 valence electrons. The molecule has 3 aromatic heterocycles. The van der Waals surface area contributed by atoms with Crippen LogP contribution in [0.5, 0.6) is 5.75 Å². The fourth-order valence-corrected chi connectivity index (χ4v) is 4.89. The lowest BCUT2D eigenvalue weighted by molar-refractivity contribution is 0.00622. The second-order valence-corrected chi connectivity index (χ2v) is 10.9. The molecule has 1 amide bonds. The molecular weight excluding hydrogens is 490 g/mol. The van der Waals surface area contributed by atoms with Gasteiger partial charge in [0.1, 0.15) is 17.0 Å². The number of hydrogen-bond acceptors (Lipinski definition) is 7. The van der Waals surface area contributed by atoms with Crippen LogP contribution < -0.4 is 15.4 Å². The number of aromatic nitrogens is 3. The minimum Gasteiger partial charge on any atom is -0.497 e. The zero-order chi connectivity index (χ0) is 26.7. The van der Waals surface area contributed by atoms with Crippen molar-refractivity contribution >= 4 is 33.9 Å². The number of esters is 1. The number of nitrogens with one attached hydrogen (secondary N) is 3. The summed E-state index contributed by atoms with van der Waals surface area (Å²) >= 11 is 1.60. The van der Waals surface area contributed by atoms with Crippen LogP contribution in [0.25, 0.3) is 4.96 Å². The van der Waals surface area contributed by atoms with Gasteiger partial charge in [-0.05, 0) is 63.9 Å². The van der Waals surface area contributed by atoms with Crippen molar-refractivity contribution in [3.05, 3.63) is 69.7 Å². The lowest BCUT2D eigenvalue weighted by atomic mass is 10.0. The Morgan fingerprint density at radius 1 is 1.14 bits per heavy atom. The number of rotatable bonds is 9. The van der Waals surface area contributed by atoms with E-state index in [9.17, 15) is 9.59 Å². The first-order chi connectivity index (χ1) is 17.6. The van der Waals surface area contributed by atoms with E-state index in [2.05, 4.69) is 20.6 Å². The zero-order valence-electron chi connectivity index (χ0n) is 22.0. The molecule has 1 aromatic carbocycles. The molecule has 0 aliphatic heterocycles. The van der Waals surface area contributed by atoms with Gasteiger partial charge in [0.15, 0.2) is 4.96 Å². The highest BCUT2D eigenvalue weighted by atomic mass is 32.1. The molecule has 3 N–H and O–H groups in total. The van der Waals surface area contributed by atoms with E-state index in [1.165, 1.54) is 4.88 Å². The molecule has 3 heterocycles. The molecule has 0 aliphatic rings. The minimum absolute atomic E-state index is 0.272. The number of aromatic amines is 1. The van der Waals surface area contributed by atoms with Gasteiger partial charge >= 0.3 is 5.97 Å². The number of ether oxygens (including phenoxy) is 2. The maximum atomic E-state index is 13.5. The van der Waals surface area contributed by atoms with Gasteiger partial charge in [-0.25, -0.2) is 9.78 Å². The Morgan fingerprint density at radius 2 is 1.86 bits per heavy atom. The van der Waals surface area contributed by atoms with Crippen LogP contribution in [-0.2, 0) is 24.2 Å². The summed E-state index contributed by atoms with van der Waals surface area (Å²) in [6, 6.07) is 7.49. The molecule has 0 bridgehead atoms. The average molecular weight is 524 g/mol. The van der Waals surface area contributed by atoms with Crippen molar-refractivity contribution in [2.24, 2.45) is 0 Å². The highest BCUT2D eigenvalue weighted by molar-refractivity contribution is 7.16. The number of amides is 1. The van der Waals surface area contributed by atoms with E-state index in [1.807, 2.05) is 75.7 Å². The van der Waals surface area contributed by atoms with E-state index in [1.54, 1.807) is 18.4 Å². The van der Waals surface area contributed by atoms with Crippen LogP contribution in [0.3, 0.4) is 0 Å². The molecule has 0 saturated heterocycles. The normalized spacial score (nSPS) is 11.5. The van der Waals surface area contributed by atoms with Crippen LogP contribution >= 0.6 is 11.3 Å². The molecule has 0 radical (unpaired) electrons. The summed E-state index contributed by atoms with van der Waals surface area (Å²) in [4.78, 5) is 36.3. The number of aryl methyl sites for hydroxylation is 1. The summed E-state index contributed by atoms with van der Waals surface area (Å²) in [6.45, 7) is 9.98. The molecule has 0 aliphatic carbocycles. The number of hydrogen-bond donors (Lipinski definition) is 3. The number of fused-ring (bicyclic) bond motifs is 1. The SMILES string of the molecule is CCc1c(C(=O)OC(C)(C)C)[nH]c(CNc2ccc(OC)cc2)c1C(=O)NCc1cn2cc(C)sc2n1. The van der Waals surface area contributed by atoms with E-state index in [4.69, 9.17) is 9.47 Å². The Labute approximate surface area is 220 Å². The molecule has 4 aromatic rings. The quantitative estimate of drug-likeness (QED) is 0.263. The van der Waals surface area contributed by atoms with Crippen LogP contribution in [0, 0.1) is 6.92 Å². The molecule has 0 spiro atoms.